The molecule has 0 saturated carbocycles. The van der Waals surface area contributed by atoms with Crippen molar-refractivity contribution in [1.29, 1.82) is 0 Å². The number of carbonyl (C=O) groups is 1. The summed E-state index contributed by atoms with van der Waals surface area (Å²) in [7, 11) is 0. The average Bonchev–Trinajstić information content (AvgIpc) is 2.79. The Labute approximate surface area is 149 Å². The maximum absolute atomic E-state index is 11.0. The molecule has 1 atom stereocenters. The first-order valence-electron chi connectivity index (χ1n) is 6.73. The van der Waals surface area contributed by atoms with Crippen molar-refractivity contribution in [3.8, 4) is 0 Å². The lowest BCUT2D eigenvalue weighted by molar-refractivity contribution is 0.112. The normalized spacial score (nSPS) is 13.1. The lowest BCUT2D eigenvalue weighted by Gasteiger charge is -2.24. The van der Waals surface area contributed by atoms with Crippen LogP contribution in [0.1, 0.15) is 47.6 Å². The van der Waals surface area contributed by atoms with E-state index in [-0.39, 0.29) is 10.8 Å². The minimum atomic E-state index is -0.125. The van der Waals surface area contributed by atoms with E-state index in [0.717, 1.165) is 17.4 Å². The number of rotatable bonds is 5. The van der Waals surface area contributed by atoms with Gasteiger partial charge < -0.3 is 0 Å². The number of hydrogen-bond acceptors (Lipinski definition) is 4. The number of halogens is 2. The Morgan fingerprint density at radius 3 is 2.55 bits per heavy atom. The lowest BCUT2D eigenvalue weighted by Crippen LogP contribution is -2.22. The standard InChI is InChI=1S/C16H17Cl2NOS2/c1-16(2,3)22-19-14(10-5-4-6-11(17)7-10)13-8-12(9-20)21-15(13)18/h4-9,14,19H,1-3H3. The van der Waals surface area contributed by atoms with Crippen molar-refractivity contribution < 1.29 is 4.79 Å². The van der Waals surface area contributed by atoms with Gasteiger partial charge in [0.05, 0.1) is 15.3 Å². The third kappa shape index (κ3) is 4.74. The molecule has 2 nitrogen and oxygen atoms in total. The number of hydrogen-bond donors (Lipinski definition) is 1. The van der Waals surface area contributed by atoms with E-state index in [0.29, 0.717) is 14.2 Å². The second-order valence-electron chi connectivity index (χ2n) is 5.82. The minimum absolute atomic E-state index is 0.0484. The molecule has 0 spiro atoms. The summed E-state index contributed by atoms with van der Waals surface area (Å²) in [5.41, 5.74) is 1.91. The van der Waals surface area contributed by atoms with E-state index < -0.39 is 0 Å². The highest BCUT2D eigenvalue weighted by Gasteiger charge is 2.22. The van der Waals surface area contributed by atoms with Gasteiger partial charge in [-0.2, -0.15) is 0 Å². The van der Waals surface area contributed by atoms with Gasteiger partial charge in [-0.1, -0.05) is 47.3 Å². The molecule has 22 heavy (non-hydrogen) atoms. The Bertz CT molecular complexity index is 664. The predicted molar refractivity (Wildman–Crippen MR) is 98.5 cm³/mol. The second-order valence-corrected chi connectivity index (χ2v) is 9.60. The van der Waals surface area contributed by atoms with Crippen molar-refractivity contribution in [2.24, 2.45) is 0 Å². The molecule has 2 aromatic rings. The number of thiophene rings is 1. The maximum Gasteiger partial charge on any atom is 0.160 e. The fraction of sp³-hybridized carbons (Fsp3) is 0.312. The van der Waals surface area contributed by atoms with Gasteiger partial charge in [-0.05, 0) is 44.5 Å². The van der Waals surface area contributed by atoms with Crippen molar-refractivity contribution in [2.75, 3.05) is 0 Å². The highest BCUT2D eigenvalue weighted by Crippen LogP contribution is 2.37. The molecule has 0 aliphatic rings. The highest BCUT2D eigenvalue weighted by molar-refractivity contribution is 7.98. The lowest BCUT2D eigenvalue weighted by atomic mass is 10.0. The van der Waals surface area contributed by atoms with Crippen LogP contribution < -0.4 is 4.72 Å². The Balaban J connectivity index is 2.40. The summed E-state index contributed by atoms with van der Waals surface area (Å²) >= 11 is 15.4. The molecule has 1 N–H and O–H groups in total. The molecule has 1 unspecified atom stereocenters. The molecule has 118 valence electrons. The van der Waals surface area contributed by atoms with Crippen LogP contribution in [0.5, 0.6) is 0 Å². The second kappa shape index (κ2) is 7.37. The molecule has 1 heterocycles. The zero-order chi connectivity index (χ0) is 16.3. The third-order valence-corrected chi connectivity index (χ3v) is 5.34. The van der Waals surface area contributed by atoms with Crippen molar-refractivity contribution in [2.45, 2.75) is 31.6 Å². The van der Waals surface area contributed by atoms with Gasteiger partial charge in [0.15, 0.2) is 6.29 Å². The Morgan fingerprint density at radius 1 is 1.27 bits per heavy atom. The zero-order valence-corrected chi connectivity index (χ0v) is 15.7. The quantitative estimate of drug-likeness (QED) is 0.515. The topological polar surface area (TPSA) is 29.1 Å². The van der Waals surface area contributed by atoms with Crippen LogP contribution in [0.25, 0.3) is 0 Å². The molecule has 0 saturated heterocycles. The minimum Gasteiger partial charge on any atom is -0.297 e. The van der Waals surface area contributed by atoms with Gasteiger partial charge in [-0.3, -0.25) is 9.52 Å². The molecule has 1 aromatic carbocycles. The van der Waals surface area contributed by atoms with Crippen LogP contribution >= 0.6 is 46.5 Å². The Kier molecular flexibility index (Phi) is 5.97. The molecule has 0 amide bonds. The SMILES string of the molecule is CC(C)(C)SNC(c1cccc(Cl)c1)c1cc(C=O)sc1Cl. The van der Waals surface area contributed by atoms with Crippen LogP contribution in [0.4, 0.5) is 0 Å². The molecule has 2 rings (SSSR count). The van der Waals surface area contributed by atoms with Gasteiger partial charge in [0, 0.05) is 15.3 Å². The van der Waals surface area contributed by atoms with Gasteiger partial charge in [0.25, 0.3) is 0 Å². The van der Waals surface area contributed by atoms with Gasteiger partial charge in [0.1, 0.15) is 0 Å². The van der Waals surface area contributed by atoms with E-state index in [2.05, 4.69) is 25.5 Å². The van der Waals surface area contributed by atoms with Crippen molar-refractivity contribution in [3.63, 3.8) is 0 Å². The fourth-order valence-electron chi connectivity index (χ4n) is 1.89. The number of aldehydes is 1. The summed E-state index contributed by atoms with van der Waals surface area (Å²) in [5, 5.41) is 0.673. The first-order chi connectivity index (χ1) is 10.3. The van der Waals surface area contributed by atoms with Crippen LogP contribution in [0, 0.1) is 0 Å². The molecule has 0 radical (unpaired) electrons. The monoisotopic (exact) mass is 373 g/mol. The van der Waals surface area contributed by atoms with Crippen LogP contribution in [0.15, 0.2) is 30.3 Å². The molecule has 1 aromatic heterocycles. The predicted octanol–water partition coefficient (Wildman–Crippen LogP) is 5.99. The maximum atomic E-state index is 11.0. The summed E-state index contributed by atoms with van der Waals surface area (Å²) in [6.07, 6.45) is 0.825. The number of benzene rings is 1. The van der Waals surface area contributed by atoms with Crippen LogP contribution in [-0.4, -0.2) is 11.0 Å². The smallest absolute Gasteiger partial charge is 0.160 e. The Hall–Kier alpha value is -0.520. The van der Waals surface area contributed by atoms with Gasteiger partial charge in [0.2, 0.25) is 0 Å². The zero-order valence-electron chi connectivity index (χ0n) is 12.5. The largest absolute Gasteiger partial charge is 0.297 e. The third-order valence-electron chi connectivity index (χ3n) is 2.82. The summed E-state index contributed by atoms with van der Waals surface area (Å²) < 4.78 is 4.13. The van der Waals surface area contributed by atoms with E-state index in [9.17, 15) is 4.79 Å². The summed E-state index contributed by atoms with van der Waals surface area (Å²) in [5.74, 6) is 0. The molecule has 0 aliphatic carbocycles. The van der Waals surface area contributed by atoms with Gasteiger partial charge in [-0.25, -0.2) is 0 Å². The van der Waals surface area contributed by atoms with Gasteiger partial charge in [-0.15, -0.1) is 11.3 Å². The van der Waals surface area contributed by atoms with E-state index in [1.165, 1.54) is 11.3 Å². The van der Waals surface area contributed by atoms with Crippen molar-refractivity contribution in [1.82, 2.24) is 4.72 Å². The fourth-order valence-corrected chi connectivity index (χ4v) is 3.99. The van der Waals surface area contributed by atoms with E-state index >= 15 is 0 Å². The molecular weight excluding hydrogens is 357 g/mol. The summed E-state index contributed by atoms with van der Waals surface area (Å²) in [4.78, 5) is 11.6. The van der Waals surface area contributed by atoms with Crippen LogP contribution in [-0.2, 0) is 0 Å². The summed E-state index contributed by atoms with van der Waals surface area (Å²) in [6.45, 7) is 6.39. The first kappa shape index (κ1) is 17.8. The van der Waals surface area contributed by atoms with Crippen molar-refractivity contribution in [3.05, 3.63) is 55.7 Å². The van der Waals surface area contributed by atoms with Crippen molar-refractivity contribution >= 4 is 52.8 Å². The molecule has 0 bridgehead atoms. The average molecular weight is 374 g/mol. The highest BCUT2D eigenvalue weighted by atomic mass is 35.5. The molecule has 6 heteroatoms. The van der Waals surface area contributed by atoms with Crippen LogP contribution in [0.3, 0.4) is 0 Å². The molecular formula is C16H17Cl2NOS2. The molecule has 0 fully saturated rings. The van der Waals surface area contributed by atoms with E-state index in [1.54, 1.807) is 11.9 Å². The van der Waals surface area contributed by atoms with E-state index in [1.807, 2.05) is 30.3 Å². The summed E-state index contributed by atoms with van der Waals surface area (Å²) in [6, 6.07) is 9.38. The first-order valence-corrected chi connectivity index (χ1v) is 9.12. The number of carbonyl (C=O) groups excluding carboxylic acids is 1. The number of nitrogens with one attached hydrogen (secondary N) is 1. The molecule has 0 aliphatic heterocycles. The van der Waals surface area contributed by atoms with Crippen LogP contribution in [0.2, 0.25) is 9.36 Å². The van der Waals surface area contributed by atoms with E-state index in [4.69, 9.17) is 23.2 Å². The Morgan fingerprint density at radius 2 is 2.00 bits per heavy atom. The van der Waals surface area contributed by atoms with Gasteiger partial charge >= 0.3 is 0 Å².